The molecule has 0 spiro atoms. The number of amides is 2. The summed E-state index contributed by atoms with van der Waals surface area (Å²) in [6, 6.07) is 11.1. The summed E-state index contributed by atoms with van der Waals surface area (Å²) in [6.45, 7) is 1.72. The zero-order chi connectivity index (χ0) is 25.1. The number of carbonyl (C=O) groups is 2. The number of hydrogen-bond donors (Lipinski definition) is 1. The fourth-order valence-electron chi connectivity index (χ4n) is 3.80. The molecule has 184 valence electrons. The van der Waals surface area contributed by atoms with Gasteiger partial charge >= 0.3 is 6.18 Å². The van der Waals surface area contributed by atoms with E-state index in [1.165, 1.54) is 17.9 Å². The Hall–Kier alpha value is -2.92. The van der Waals surface area contributed by atoms with Crippen molar-refractivity contribution in [3.05, 3.63) is 59.7 Å². The third kappa shape index (κ3) is 5.95. The molecule has 0 unspecified atom stereocenters. The zero-order valence-corrected chi connectivity index (χ0v) is 19.6. The Kier molecular flexibility index (Phi) is 7.67. The summed E-state index contributed by atoms with van der Waals surface area (Å²) in [7, 11) is -2.69. The molecule has 0 bridgehead atoms. The lowest BCUT2D eigenvalue weighted by Gasteiger charge is -2.31. The first kappa shape index (κ1) is 25.7. The molecule has 1 N–H and O–H groups in total. The van der Waals surface area contributed by atoms with Crippen LogP contribution in [-0.2, 0) is 32.3 Å². The first-order valence-corrected chi connectivity index (χ1v) is 12.1. The Morgan fingerprint density at radius 2 is 1.74 bits per heavy atom. The Balaban J connectivity index is 1.64. The van der Waals surface area contributed by atoms with E-state index >= 15 is 0 Å². The van der Waals surface area contributed by atoms with E-state index in [4.69, 9.17) is 0 Å². The number of anilines is 1. The van der Waals surface area contributed by atoms with Gasteiger partial charge in [0.2, 0.25) is 21.8 Å². The maximum absolute atomic E-state index is 13.3. The first-order chi connectivity index (χ1) is 15.9. The van der Waals surface area contributed by atoms with Crippen molar-refractivity contribution in [2.45, 2.75) is 37.4 Å². The predicted octanol–water partition coefficient (Wildman–Crippen LogP) is 3.72. The van der Waals surface area contributed by atoms with E-state index < -0.39 is 32.6 Å². The van der Waals surface area contributed by atoms with Crippen molar-refractivity contribution in [3.63, 3.8) is 0 Å². The average molecular weight is 498 g/mol. The van der Waals surface area contributed by atoms with E-state index in [0.29, 0.717) is 12.2 Å². The van der Waals surface area contributed by atoms with Gasteiger partial charge in [-0.2, -0.15) is 17.5 Å². The Labute approximate surface area is 196 Å². The lowest BCUT2D eigenvalue weighted by Crippen LogP contribution is -2.41. The number of rotatable bonds is 6. The number of benzene rings is 2. The number of sulfonamides is 1. The predicted molar refractivity (Wildman–Crippen MR) is 120 cm³/mol. The minimum atomic E-state index is -4.80. The lowest BCUT2D eigenvalue weighted by molar-refractivity contribution is -0.140. The molecule has 0 aliphatic carbocycles. The molecule has 1 aliphatic rings. The van der Waals surface area contributed by atoms with Crippen LogP contribution in [0.4, 0.5) is 18.9 Å². The van der Waals surface area contributed by atoms with Crippen LogP contribution in [0, 0.1) is 5.92 Å². The molecule has 1 aliphatic heterocycles. The number of alkyl halides is 3. The molecule has 2 aromatic carbocycles. The van der Waals surface area contributed by atoms with Crippen molar-refractivity contribution in [1.29, 1.82) is 0 Å². The molecule has 1 saturated heterocycles. The van der Waals surface area contributed by atoms with E-state index in [1.807, 2.05) is 6.07 Å². The normalized spacial score (nSPS) is 15.7. The van der Waals surface area contributed by atoms with Gasteiger partial charge in [-0.15, -0.1) is 0 Å². The number of piperidine rings is 1. The number of carbonyl (C=O) groups excluding carboxylic acids is 2. The third-order valence-corrected chi connectivity index (χ3v) is 7.74. The minimum absolute atomic E-state index is 0.0595. The Bertz CT molecular complexity index is 1160. The van der Waals surface area contributed by atoms with Gasteiger partial charge in [0.25, 0.3) is 0 Å². The molecule has 2 aromatic rings. The minimum Gasteiger partial charge on any atom is -0.342 e. The van der Waals surface area contributed by atoms with Gasteiger partial charge in [0.05, 0.1) is 10.5 Å². The first-order valence-electron chi connectivity index (χ1n) is 10.7. The molecule has 7 nitrogen and oxygen atoms in total. The fourth-order valence-corrected chi connectivity index (χ4v) is 5.48. The molecule has 3 rings (SSSR count). The molecule has 1 heterocycles. The van der Waals surface area contributed by atoms with Crippen molar-refractivity contribution in [1.82, 2.24) is 9.21 Å². The monoisotopic (exact) mass is 497 g/mol. The van der Waals surface area contributed by atoms with Crippen molar-refractivity contribution in [2.24, 2.45) is 5.92 Å². The van der Waals surface area contributed by atoms with Crippen LogP contribution in [0.25, 0.3) is 0 Å². The molecule has 0 saturated carbocycles. The maximum Gasteiger partial charge on any atom is 0.417 e. The van der Waals surface area contributed by atoms with Gasteiger partial charge < -0.3 is 10.2 Å². The van der Waals surface area contributed by atoms with E-state index in [9.17, 15) is 31.2 Å². The molecule has 11 heteroatoms. The summed E-state index contributed by atoms with van der Waals surface area (Å²) in [6.07, 6.45) is -4.42. The number of nitrogens with zero attached hydrogens (tertiary/aromatic N) is 2. The van der Waals surface area contributed by atoms with Gasteiger partial charge in [0.1, 0.15) is 0 Å². The SMILES string of the molecule is CC(=O)N(C)Cc1cccc(NC(=O)C2CCN(S(=O)(=O)c3ccccc3C(F)(F)F)CC2)c1. The number of hydrogen-bond acceptors (Lipinski definition) is 4. The summed E-state index contributed by atoms with van der Waals surface area (Å²) >= 11 is 0. The maximum atomic E-state index is 13.3. The summed E-state index contributed by atoms with van der Waals surface area (Å²) < 4.78 is 66.7. The zero-order valence-electron chi connectivity index (χ0n) is 18.8. The van der Waals surface area contributed by atoms with Gasteiger partial charge in [-0.25, -0.2) is 8.42 Å². The number of halogens is 3. The second-order valence-corrected chi connectivity index (χ2v) is 10.1. The molecular formula is C23H26F3N3O4S. The van der Waals surface area contributed by atoms with Crippen LogP contribution in [0.5, 0.6) is 0 Å². The molecule has 0 atom stereocenters. The van der Waals surface area contributed by atoms with Crippen LogP contribution in [-0.4, -0.2) is 49.6 Å². The van der Waals surface area contributed by atoms with Crippen molar-refractivity contribution in [2.75, 3.05) is 25.5 Å². The standard InChI is InChI=1S/C23H26F3N3O4S/c1-16(30)28(2)15-17-6-5-7-19(14-17)27-22(31)18-10-12-29(13-11-18)34(32,33)21-9-4-3-8-20(21)23(24,25)26/h3-9,14,18H,10-13,15H2,1-2H3,(H,27,31). The smallest absolute Gasteiger partial charge is 0.342 e. The molecule has 1 fully saturated rings. The third-order valence-electron chi connectivity index (χ3n) is 5.79. The average Bonchev–Trinajstić information content (AvgIpc) is 2.78. The highest BCUT2D eigenvalue weighted by molar-refractivity contribution is 7.89. The van der Waals surface area contributed by atoms with E-state index in [2.05, 4.69) is 5.32 Å². The number of nitrogens with one attached hydrogen (secondary N) is 1. The Morgan fingerprint density at radius 3 is 2.35 bits per heavy atom. The summed E-state index contributed by atoms with van der Waals surface area (Å²) in [4.78, 5) is 24.9. The fraction of sp³-hybridized carbons (Fsp3) is 0.391. The second kappa shape index (κ2) is 10.1. The van der Waals surface area contributed by atoms with Crippen LogP contribution < -0.4 is 5.32 Å². The highest BCUT2D eigenvalue weighted by Gasteiger charge is 2.40. The van der Waals surface area contributed by atoms with Gasteiger partial charge in [0.15, 0.2) is 0 Å². The van der Waals surface area contributed by atoms with Gasteiger partial charge in [-0.05, 0) is 42.7 Å². The van der Waals surface area contributed by atoms with Gasteiger partial charge in [0, 0.05) is 45.2 Å². The highest BCUT2D eigenvalue weighted by Crippen LogP contribution is 2.36. The van der Waals surface area contributed by atoms with Crippen molar-refractivity contribution in [3.8, 4) is 0 Å². The summed E-state index contributed by atoms with van der Waals surface area (Å²) in [5.74, 6) is -0.855. The molecule has 0 aromatic heterocycles. The van der Waals surface area contributed by atoms with Crippen LogP contribution in [0.2, 0.25) is 0 Å². The van der Waals surface area contributed by atoms with E-state index in [1.54, 1.807) is 25.2 Å². The van der Waals surface area contributed by atoms with Crippen molar-refractivity contribution < 1.29 is 31.2 Å². The topological polar surface area (TPSA) is 86.8 Å². The molecule has 0 radical (unpaired) electrons. The quantitative estimate of drug-likeness (QED) is 0.659. The van der Waals surface area contributed by atoms with Gasteiger partial charge in [-0.3, -0.25) is 9.59 Å². The van der Waals surface area contributed by atoms with Crippen LogP contribution in [0.1, 0.15) is 30.9 Å². The lowest BCUT2D eigenvalue weighted by atomic mass is 9.97. The summed E-state index contributed by atoms with van der Waals surface area (Å²) in [5.41, 5.74) is 0.179. The van der Waals surface area contributed by atoms with Crippen molar-refractivity contribution >= 4 is 27.5 Å². The molecular weight excluding hydrogens is 471 g/mol. The van der Waals surface area contributed by atoms with E-state index in [-0.39, 0.29) is 37.7 Å². The van der Waals surface area contributed by atoms with Crippen LogP contribution in [0.3, 0.4) is 0 Å². The van der Waals surface area contributed by atoms with Gasteiger partial charge in [-0.1, -0.05) is 24.3 Å². The molecule has 34 heavy (non-hydrogen) atoms. The van der Waals surface area contributed by atoms with E-state index in [0.717, 1.165) is 28.1 Å². The Morgan fingerprint density at radius 1 is 1.09 bits per heavy atom. The second-order valence-electron chi connectivity index (χ2n) is 8.24. The molecule has 2 amide bonds. The summed E-state index contributed by atoms with van der Waals surface area (Å²) in [5, 5.41) is 2.81. The highest BCUT2D eigenvalue weighted by atomic mass is 32.2. The van der Waals surface area contributed by atoms with Crippen LogP contribution >= 0.6 is 0 Å². The van der Waals surface area contributed by atoms with Crippen LogP contribution in [0.15, 0.2) is 53.4 Å². The largest absolute Gasteiger partial charge is 0.417 e.